The first-order valence-corrected chi connectivity index (χ1v) is 10.5. The zero-order valence-corrected chi connectivity index (χ0v) is 17.4. The third kappa shape index (κ3) is 8.67. The number of hydrogen-bond acceptors (Lipinski definition) is 5. The van der Waals surface area contributed by atoms with Gasteiger partial charge in [0, 0.05) is 43.5 Å². The molecule has 0 bridgehead atoms. The molecule has 1 amide bonds. The fourth-order valence-corrected chi connectivity index (χ4v) is 3.33. The highest BCUT2D eigenvalue weighted by molar-refractivity contribution is 9.11. The quantitative estimate of drug-likeness (QED) is 0.435. The monoisotopic (exact) mass is 419 g/mol. The SMILES string of the molecule is CC/C(COCC(=O)NSC)=C(Br)\C=C/CN1CCN(CC)CC1. The first-order chi connectivity index (χ1) is 11.6. The van der Waals surface area contributed by atoms with Gasteiger partial charge in [-0.1, -0.05) is 53.9 Å². The van der Waals surface area contributed by atoms with E-state index in [9.17, 15) is 4.79 Å². The molecule has 138 valence electrons. The van der Waals surface area contributed by atoms with E-state index in [1.165, 1.54) is 17.5 Å². The van der Waals surface area contributed by atoms with Crippen LogP contribution in [0.5, 0.6) is 0 Å². The third-order valence-corrected chi connectivity index (χ3v) is 5.29. The molecule has 0 aliphatic carbocycles. The molecule has 7 heteroatoms. The minimum Gasteiger partial charge on any atom is -0.367 e. The number of halogens is 1. The standard InChI is InChI=1S/C17H30BrN3O2S/c1-4-15(13-23-14-17(22)19-24-3)16(18)7-6-8-21-11-9-20(5-2)10-12-21/h6-7H,4-5,8-14H2,1-3H3,(H,19,22)/b7-6-,16-15-. The van der Waals surface area contributed by atoms with Crippen molar-refractivity contribution in [3.05, 3.63) is 22.2 Å². The molecule has 0 aromatic carbocycles. The maximum Gasteiger partial charge on any atom is 0.255 e. The number of piperazine rings is 1. The summed E-state index contributed by atoms with van der Waals surface area (Å²) < 4.78 is 9.18. The van der Waals surface area contributed by atoms with Crippen LogP contribution in [0.3, 0.4) is 0 Å². The fraction of sp³-hybridized carbons (Fsp3) is 0.706. The molecule has 0 spiro atoms. The average molecular weight is 420 g/mol. The van der Waals surface area contributed by atoms with Crippen molar-refractivity contribution in [3.63, 3.8) is 0 Å². The molecule has 0 radical (unpaired) electrons. The van der Waals surface area contributed by atoms with E-state index >= 15 is 0 Å². The van der Waals surface area contributed by atoms with Crippen molar-refractivity contribution in [2.45, 2.75) is 20.3 Å². The van der Waals surface area contributed by atoms with Crippen LogP contribution in [0.15, 0.2) is 22.2 Å². The van der Waals surface area contributed by atoms with Crippen molar-refractivity contribution in [3.8, 4) is 0 Å². The third-order valence-electron chi connectivity index (χ3n) is 4.03. The number of hydrogen-bond donors (Lipinski definition) is 1. The van der Waals surface area contributed by atoms with Gasteiger partial charge in [-0.2, -0.15) is 0 Å². The first-order valence-electron chi connectivity index (χ1n) is 8.49. The van der Waals surface area contributed by atoms with E-state index in [1.807, 2.05) is 6.26 Å². The number of ether oxygens (including phenoxy) is 1. The second-order valence-electron chi connectivity index (χ2n) is 5.66. The van der Waals surface area contributed by atoms with Gasteiger partial charge >= 0.3 is 0 Å². The zero-order chi connectivity index (χ0) is 17.8. The van der Waals surface area contributed by atoms with Gasteiger partial charge in [0.1, 0.15) is 6.61 Å². The van der Waals surface area contributed by atoms with Crippen LogP contribution in [0.4, 0.5) is 0 Å². The molecule has 0 aromatic rings. The second kappa shape index (κ2) is 12.9. The van der Waals surface area contributed by atoms with E-state index in [0.29, 0.717) is 6.61 Å². The lowest BCUT2D eigenvalue weighted by Gasteiger charge is -2.33. The maximum atomic E-state index is 11.4. The van der Waals surface area contributed by atoms with E-state index in [-0.39, 0.29) is 12.5 Å². The summed E-state index contributed by atoms with van der Waals surface area (Å²) in [4.78, 5) is 16.3. The average Bonchev–Trinajstić information content (AvgIpc) is 2.59. The molecule has 1 fully saturated rings. The number of rotatable bonds is 10. The first kappa shape index (κ1) is 21.7. The summed E-state index contributed by atoms with van der Waals surface area (Å²) in [5.74, 6) is -0.101. The van der Waals surface area contributed by atoms with Crippen molar-refractivity contribution in [2.75, 3.05) is 58.7 Å². The maximum absolute atomic E-state index is 11.4. The fourth-order valence-electron chi connectivity index (χ4n) is 2.46. The Morgan fingerprint density at radius 3 is 2.46 bits per heavy atom. The van der Waals surface area contributed by atoms with E-state index in [2.05, 4.69) is 56.5 Å². The lowest BCUT2D eigenvalue weighted by atomic mass is 10.2. The van der Waals surface area contributed by atoms with Gasteiger partial charge in [-0.25, -0.2) is 0 Å². The normalized spacial score (nSPS) is 18.0. The number of amides is 1. The van der Waals surface area contributed by atoms with Crippen molar-refractivity contribution >= 4 is 33.8 Å². The second-order valence-corrected chi connectivity index (χ2v) is 7.13. The summed E-state index contributed by atoms with van der Waals surface area (Å²) in [6.07, 6.45) is 7.02. The van der Waals surface area contributed by atoms with E-state index in [0.717, 1.165) is 50.2 Å². The predicted octanol–water partition coefficient (Wildman–Crippen LogP) is 2.65. The summed E-state index contributed by atoms with van der Waals surface area (Å²) in [6.45, 7) is 11.6. The molecule has 24 heavy (non-hydrogen) atoms. The Kier molecular flexibility index (Phi) is 11.7. The summed E-state index contributed by atoms with van der Waals surface area (Å²) >= 11 is 4.92. The molecule has 1 saturated heterocycles. The van der Waals surface area contributed by atoms with Gasteiger partial charge in [0.25, 0.3) is 5.91 Å². The van der Waals surface area contributed by atoms with Gasteiger partial charge in [-0.15, -0.1) is 0 Å². The number of carbonyl (C=O) groups excluding carboxylic acids is 1. The molecule has 1 rings (SSSR count). The number of carbonyl (C=O) groups is 1. The van der Waals surface area contributed by atoms with Gasteiger partial charge in [0.15, 0.2) is 0 Å². The van der Waals surface area contributed by atoms with Crippen LogP contribution < -0.4 is 4.72 Å². The van der Waals surface area contributed by atoms with Crippen molar-refractivity contribution in [2.24, 2.45) is 0 Å². The molecule has 1 N–H and O–H groups in total. The molecule has 0 aromatic heterocycles. The van der Waals surface area contributed by atoms with Crippen LogP contribution in [0.25, 0.3) is 0 Å². The van der Waals surface area contributed by atoms with Gasteiger partial charge in [0.05, 0.1) is 6.61 Å². The van der Waals surface area contributed by atoms with Gasteiger partial charge in [-0.05, 0) is 18.5 Å². The van der Waals surface area contributed by atoms with Crippen LogP contribution in [-0.2, 0) is 9.53 Å². The Labute approximate surface area is 159 Å². The van der Waals surface area contributed by atoms with E-state index < -0.39 is 0 Å². The Morgan fingerprint density at radius 1 is 1.21 bits per heavy atom. The Hall–Kier alpha value is -0.340. The highest BCUT2D eigenvalue weighted by atomic mass is 79.9. The molecule has 0 atom stereocenters. The number of likely N-dealkylation sites (N-methyl/N-ethyl adjacent to an activating group) is 1. The van der Waals surface area contributed by atoms with E-state index in [4.69, 9.17) is 4.74 Å². The van der Waals surface area contributed by atoms with Gasteiger partial charge < -0.3 is 9.64 Å². The number of allylic oxidation sites excluding steroid dienone is 2. The lowest BCUT2D eigenvalue weighted by molar-refractivity contribution is -0.123. The topological polar surface area (TPSA) is 44.8 Å². The number of nitrogens with one attached hydrogen (secondary N) is 1. The molecular weight excluding hydrogens is 390 g/mol. The van der Waals surface area contributed by atoms with Crippen LogP contribution >= 0.6 is 27.9 Å². The van der Waals surface area contributed by atoms with Gasteiger partial charge in [-0.3, -0.25) is 14.4 Å². The highest BCUT2D eigenvalue weighted by Crippen LogP contribution is 2.17. The summed E-state index contributed by atoms with van der Waals surface area (Å²) in [5.41, 5.74) is 1.17. The minimum atomic E-state index is -0.101. The van der Waals surface area contributed by atoms with Crippen LogP contribution in [0.1, 0.15) is 20.3 Å². The van der Waals surface area contributed by atoms with Crippen molar-refractivity contribution < 1.29 is 9.53 Å². The minimum absolute atomic E-state index is 0.0933. The Morgan fingerprint density at radius 2 is 1.88 bits per heavy atom. The summed E-state index contributed by atoms with van der Waals surface area (Å²) in [7, 11) is 0. The van der Waals surface area contributed by atoms with Crippen LogP contribution in [0, 0.1) is 0 Å². The van der Waals surface area contributed by atoms with Crippen molar-refractivity contribution in [1.29, 1.82) is 0 Å². The summed E-state index contributed by atoms with van der Waals surface area (Å²) in [5, 5.41) is 0. The largest absolute Gasteiger partial charge is 0.367 e. The zero-order valence-electron chi connectivity index (χ0n) is 15.0. The molecule has 1 heterocycles. The molecule has 1 aliphatic rings. The van der Waals surface area contributed by atoms with Crippen LogP contribution in [0.2, 0.25) is 0 Å². The molecular formula is C17H30BrN3O2S. The summed E-state index contributed by atoms with van der Waals surface area (Å²) in [6, 6.07) is 0. The van der Waals surface area contributed by atoms with E-state index in [1.54, 1.807) is 0 Å². The molecule has 0 saturated carbocycles. The Balaban J connectivity index is 2.36. The van der Waals surface area contributed by atoms with Crippen molar-refractivity contribution in [1.82, 2.24) is 14.5 Å². The molecule has 1 aliphatic heterocycles. The molecule has 0 unspecified atom stereocenters. The lowest BCUT2D eigenvalue weighted by Crippen LogP contribution is -2.45. The van der Waals surface area contributed by atoms with Gasteiger partial charge in [0.2, 0.25) is 0 Å². The van der Waals surface area contributed by atoms with Crippen LogP contribution in [-0.4, -0.2) is 74.4 Å². The highest BCUT2D eigenvalue weighted by Gasteiger charge is 2.13. The smallest absolute Gasteiger partial charge is 0.255 e. The Bertz CT molecular complexity index is 436. The number of nitrogens with zero attached hydrogens (tertiary/aromatic N) is 2. The molecule has 5 nitrogen and oxygen atoms in total. The predicted molar refractivity (Wildman–Crippen MR) is 106 cm³/mol.